The highest BCUT2D eigenvalue weighted by molar-refractivity contribution is 5.87. The maximum Gasteiger partial charge on any atom is 0.333 e. The van der Waals surface area contributed by atoms with Crippen LogP contribution in [0.15, 0.2) is 60.7 Å². The molecule has 0 aliphatic carbocycles. The lowest BCUT2D eigenvalue weighted by Gasteiger charge is -2.09. The molecule has 0 amide bonds. The zero-order valence-electron chi connectivity index (χ0n) is 22.5. The van der Waals surface area contributed by atoms with Crippen molar-refractivity contribution in [1.82, 2.24) is 0 Å². The van der Waals surface area contributed by atoms with Crippen LogP contribution in [0.1, 0.15) is 64.0 Å². The van der Waals surface area contributed by atoms with Gasteiger partial charge in [-0.2, -0.15) is 0 Å². The summed E-state index contributed by atoms with van der Waals surface area (Å²) >= 11 is 0. The van der Waals surface area contributed by atoms with E-state index in [9.17, 15) is 9.59 Å². The number of nitrogens with two attached hydrogens (primary N) is 2. The first-order valence-electron chi connectivity index (χ1n) is 12.9. The molecule has 0 aliphatic heterocycles. The fraction of sp³-hybridized carbons (Fsp3) is 0.400. The number of hydrogen-bond donors (Lipinski definition) is 2. The highest BCUT2D eigenvalue weighted by Crippen LogP contribution is 2.23. The molecule has 0 bridgehead atoms. The number of rotatable bonds is 15. The summed E-state index contributed by atoms with van der Waals surface area (Å²) in [5, 5.41) is 0. The molecule has 37 heavy (non-hydrogen) atoms. The highest BCUT2D eigenvalue weighted by Gasteiger charge is 2.03. The Hall–Kier alpha value is -3.74. The Kier molecular flexibility index (Phi) is 15.7. The molecule has 0 aliphatic rings. The van der Waals surface area contributed by atoms with Crippen molar-refractivity contribution in [1.29, 1.82) is 0 Å². The number of anilines is 2. The first kappa shape index (κ1) is 31.3. The topological polar surface area (TPSA) is 114 Å². The van der Waals surface area contributed by atoms with Gasteiger partial charge in [-0.05, 0) is 80.9 Å². The quantitative estimate of drug-likeness (QED) is 0.128. The monoisotopic (exact) mass is 510 g/mol. The Labute approximate surface area is 221 Å². The van der Waals surface area contributed by atoms with Gasteiger partial charge in [0.1, 0.15) is 5.75 Å². The zero-order chi connectivity index (χ0) is 27.5. The summed E-state index contributed by atoms with van der Waals surface area (Å²) < 4.78 is 16.0. The lowest BCUT2D eigenvalue weighted by molar-refractivity contribution is -0.139. The van der Waals surface area contributed by atoms with Crippen molar-refractivity contribution in [2.45, 2.75) is 59.3 Å². The second-order valence-electron chi connectivity index (χ2n) is 8.32. The van der Waals surface area contributed by atoms with Gasteiger partial charge in [-0.15, -0.1) is 0 Å². The molecular weight excluding hydrogens is 468 g/mol. The van der Waals surface area contributed by atoms with Gasteiger partial charge in [-0.3, -0.25) is 0 Å². The Morgan fingerprint density at radius 3 is 2.16 bits per heavy atom. The lowest BCUT2D eigenvalue weighted by Crippen LogP contribution is -2.06. The van der Waals surface area contributed by atoms with Crippen molar-refractivity contribution < 1.29 is 23.8 Å². The van der Waals surface area contributed by atoms with Crippen LogP contribution >= 0.6 is 0 Å². The van der Waals surface area contributed by atoms with Crippen molar-refractivity contribution in [2.75, 3.05) is 31.3 Å². The van der Waals surface area contributed by atoms with Crippen LogP contribution in [0.3, 0.4) is 0 Å². The number of unbranched alkanes of at least 4 members (excludes halogenated alkanes) is 3. The van der Waals surface area contributed by atoms with Crippen LogP contribution < -0.4 is 16.2 Å². The summed E-state index contributed by atoms with van der Waals surface area (Å²) in [4.78, 5) is 23.3. The fourth-order valence-electron chi connectivity index (χ4n) is 3.18. The largest absolute Gasteiger partial charge is 0.491 e. The number of hydrogen-bond acceptors (Lipinski definition) is 7. The van der Waals surface area contributed by atoms with E-state index in [0.717, 1.165) is 49.7 Å². The van der Waals surface area contributed by atoms with E-state index in [1.165, 1.54) is 6.08 Å². The molecule has 2 aromatic carbocycles. The molecule has 7 nitrogen and oxygen atoms in total. The Morgan fingerprint density at radius 1 is 0.865 bits per heavy atom. The van der Waals surface area contributed by atoms with Gasteiger partial charge in [0.2, 0.25) is 0 Å². The third-order valence-corrected chi connectivity index (χ3v) is 5.16. The SMILES string of the molecule is C=C(C)C(=O)OCCCc1ccc(/C=C/C(=O)OCCCCCCOc2ccc(N)cc2N)cc1.CC. The van der Waals surface area contributed by atoms with Gasteiger partial charge in [0.25, 0.3) is 0 Å². The zero-order valence-corrected chi connectivity index (χ0v) is 22.5. The number of benzene rings is 2. The minimum absolute atomic E-state index is 0.351. The van der Waals surface area contributed by atoms with Crippen LogP contribution in [0.4, 0.5) is 11.4 Å². The average Bonchev–Trinajstić information content (AvgIpc) is 2.89. The van der Waals surface area contributed by atoms with Gasteiger partial charge >= 0.3 is 11.9 Å². The molecule has 0 fully saturated rings. The van der Waals surface area contributed by atoms with E-state index in [1.54, 1.807) is 31.2 Å². The predicted octanol–water partition coefficient (Wildman–Crippen LogP) is 6.12. The Bertz CT molecular complexity index is 1000. The summed E-state index contributed by atoms with van der Waals surface area (Å²) in [5.41, 5.74) is 15.1. The Balaban J connectivity index is 0.00000334. The molecule has 2 rings (SSSR count). The van der Waals surface area contributed by atoms with E-state index in [-0.39, 0.29) is 11.9 Å². The van der Waals surface area contributed by atoms with Crippen LogP contribution in [-0.2, 0) is 25.5 Å². The minimum Gasteiger partial charge on any atom is -0.491 e. The number of esters is 2. The molecule has 2 aromatic rings. The van der Waals surface area contributed by atoms with Crippen LogP contribution in [-0.4, -0.2) is 31.8 Å². The maximum atomic E-state index is 11.9. The van der Waals surface area contributed by atoms with E-state index < -0.39 is 0 Å². The van der Waals surface area contributed by atoms with Gasteiger partial charge in [-0.1, -0.05) is 44.7 Å². The molecular formula is C30H42N2O5. The first-order valence-corrected chi connectivity index (χ1v) is 12.9. The molecule has 0 heterocycles. The van der Waals surface area contributed by atoms with Gasteiger partial charge < -0.3 is 25.7 Å². The van der Waals surface area contributed by atoms with Gasteiger partial charge in [0.05, 0.1) is 25.5 Å². The number of aryl methyl sites for hydroxylation is 1. The van der Waals surface area contributed by atoms with Crippen molar-refractivity contribution in [3.05, 3.63) is 71.8 Å². The van der Waals surface area contributed by atoms with Gasteiger partial charge in [0.15, 0.2) is 0 Å². The fourth-order valence-corrected chi connectivity index (χ4v) is 3.18. The summed E-state index contributed by atoms with van der Waals surface area (Å²) in [7, 11) is 0. The van der Waals surface area contributed by atoms with E-state index in [1.807, 2.05) is 38.1 Å². The van der Waals surface area contributed by atoms with Crippen LogP contribution in [0, 0.1) is 0 Å². The summed E-state index contributed by atoms with van der Waals surface area (Å²) in [6, 6.07) is 13.1. The van der Waals surface area contributed by atoms with Gasteiger partial charge in [0, 0.05) is 17.3 Å². The van der Waals surface area contributed by atoms with Crippen molar-refractivity contribution in [3.63, 3.8) is 0 Å². The van der Waals surface area contributed by atoms with Crippen molar-refractivity contribution in [2.24, 2.45) is 0 Å². The number of ether oxygens (including phenoxy) is 3. The highest BCUT2D eigenvalue weighted by atomic mass is 16.5. The van der Waals surface area contributed by atoms with Crippen LogP contribution in [0.2, 0.25) is 0 Å². The van der Waals surface area contributed by atoms with Crippen LogP contribution in [0.25, 0.3) is 6.08 Å². The molecule has 0 saturated heterocycles. The average molecular weight is 511 g/mol. The molecule has 0 radical (unpaired) electrons. The number of carbonyl (C=O) groups is 2. The maximum absolute atomic E-state index is 11.9. The van der Waals surface area contributed by atoms with E-state index in [2.05, 4.69) is 6.58 Å². The van der Waals surface area contributed by atoms with Crippen LogP contribution in [0.5, 0.6) is 5.75 Å². The molecule has 7 heteroatoms. The smallest absolute Gasteiger partial charge is 0.333 e. The molecule has 4 N–H and O–H groups in total. The molecule has 0 saturated carbocycles. The summed E-state index contributed by atoms with van der Waals surface area (Å²) in [6.45, 7) is 10.5. The molecule has 0 atom stereocenters. The second-order valence-corrected chi connectivity index (χ2v) is 8.32. The Morgan fingerprint density at radius 2 is 1.51 bits per heavy atom. The summed E-state index contributed by atoms with van der Waals surface area (Å²) in [5.74, 6) is -0.0601. The molecule has 202 valence electrons. The predicted molar refractivity (Wildman–Crippen MR) is 151 cm³/mol. The van der Waals surface area contributed by atoms with E-state index >= 15 is 0 Å². The van der Waals surface area contributed by atoms with Crippen molar-refractivity contribution in [3.8, 4) is 5.75 Å². The lowest BCUT2D eigenvalue weighted by atomic mass is 10.1. The van der Waals surface area contributed by atoms with E-state index in [4.69, 9.17) is 25.7 Å². The number of carbonyl (C=O) groups excluding carboxylic acids is 2. The standard InChI is InChI=1S/C28H36N2O5.C2H6/c1-21(2)28(32)35-19-7-8-22-9-11-23(12-10-22)13-16-27(31)34-18-6-4-3-5-17-33-26-15-14-24(29)20-25(26)30;1-2/h9-16,20H,1,3-8,17-19,29-30H2,2H3;1-2H3/b16-13+;. The molecule has 0 spiro atoms. The minimum atomic E-state index is -0.358. The molecule has 0 unspecified atom stereocenters. The second kappa shape index (κ2) is 18.5. The molecule has 0 aromatic heterocycles. The normalized spacial score (nSPS) is 10.4. The first-order chi connectivity index (χ1) is 17.8. The van der Waals surface area contributed by atoms with Crippen molar-refractivity contribution >= 4 is 29.4 Å². The third kappa shape index (κ3) is 13.8. The third-order valence-electron chi connectivity index (χ3n) is 5.16. The van der Waals surface area contributed by atoms with Gasteiger partial charge in [-0.25, -0.2) is 9.59 Å². The number of nitrogen functional groups attached to an aromatic ring is 2. The summed E-state index contributed by atoms with van der Waals surface area (Å²) in [6.07, 6.45) is 8.35. The van der Waals surface area contributed by atoms with E-state index in [0.29, 0.717) is 42.5 Å².